The van der Waals surface area contributed by atoms with Crippen molar-refractivity contribution in [3.8, 4) is 5.69 Å². The first-order valence-electron chi connectivity index (χ1n) is 5.23. The number of aryl methyl sites for hydroxylation is 1. The fourth-order valence-electron chi connectivity index (χ4n) is 1.63. The minimum absolute atomic E-state index is 0.0538. The molecule has 0 aliphatic rings. The quantitative estimate of drug-likeness (QED) is 0.636. The molecule has 1 heterocycles. The van der Waals surface area contributed by atoms with Crippen LogP contribution in [0.1, 0.15) is 12.4 Å². The van der Waals surface area contributed by atoms with E-state index in [1.165, 1.54) is 0 Å². The van der Waals surface area contributed by atoms with Gasteiger partial charge in [0, 0.05) is 12.1 Å². The van der Waals surface area contributed by atoms with Crippen LogP contribution in [0.2, 0.25) is 0 Å². The maximum absolute atomic E-state index is 13.6. The molecule has 1 aromatic carbocycles. The molecule has 2 aromatic rings. The third kappa shape index (κ3) is 2.15. The highest BCUT2D eigenvalue weighted by Crippen LogP contribution is 2.19. The van der Waals surface area contributed by atoms with Crippen molar-refractivity contribution in [3.63, 3.8) is 0 Å². The first-order valence-corrected chi connectivity index (χ1v) is 5.23. The molecule has 0 N–H and O–H groups in total. The van der Waals surface area contributed by atoms with Gasteiger partial charge in [0.2, 0.25) is 0 Å². The zero-order valence-electron chi connectivity index (χ0n) is 9.96. The van der Waals surface area contributed by atoms with Gasteiger partial charge >= 0.3 is 12.2 Å². The van der Waals surface area contributed by atoms with Crippen molar-refractivity contribution >= 4 is 5.69 Å². The molecule has 0 aliphatic carbocycles. The van der Waals surface area contributed by atoms with Gasteiger partial charge in [-0.25, -0.2) is 13.8 Å². The Kier molecular flexibility index (Phi) is 3.30. The third-order valence-corrected chi connectivity index (χ3v) is 2.54. The van der Waals surface area contributed by atoms with Crippen LogP contribution in [0.25, 0.3) is 5.69 Å². The molecular weight excluding hydrogens is 281 g/mol. The lowest BCUT2D eigenvalue weighted by Crippen LogP contribution is -2.25. The maximum Gasteiger partial charge on any atom is 0.355 e. The molecule has 10 heteroatoms. The fraction of sp³-hybridized carbons (Fsp3) is 0.200. The summed E-state index contributed by atoms with van der Waals surface area (Å²) in [4.78, 5) is 21.5. The summed E-state index contributed by atoms with van der Waals surface area (Å²) in [5.74, 6) is -1.33. The minimum atomic E-state index is -3.14. The monoisotopic (exact) mass is 288 g/mol. The summed E-state index contributed by atoms with van der Waals surface area (Å²) in [6, 6.07) is 2.40. The first-order chi connectivity index (χ1) is 9.32. The Hall–Kier alpha value is -2.65. The summed E-state index contributed by atoms with van der Waals surface area (Å²) in [6.45, 7) is -2.00. The van der Waals surface area contributed by atoms with Gasteiger partial charge in [-0.05, 0) is 13.0 Å². The van der Waals surface area contributed by atoms with Gasteiger partial charge < -0.3 is 0 Å². The molecule has 0 radical (unpaired) electrons. The van der Waals surface area contributed by atoms with E-state index < -0.39 is 34.4 Å². The van der Waals surface area contributed by atoms with Crippen LogP contribution < -0.4 is 5.69 Å². The van der Waals surface area contributed by atoms with Crippen molar-refractivity contribution in [2.75, 3.05) is 0 Å². The molecule has 0 fully saturated rings. The molecule has 106 valence electrons. The molecule has 0 saturated heterocycles. The molecular formula is C10H7F3N4O3. The summed E-state index contributed by atoms with van der Waals surface area (Å²) < 4.78 is 39.3. The number of aromatic nitrogens is 3. The first kappa shape index (κ1) is 13.8. The average Bonchev–Trinajstić information content (AvgIpc) is 2.64. The highest BCUT2D eigenvalue weighted by atomic mass is 19.3. The number of non-ortho nitro benzene ring substituents is 1. The SMILES string of the molecule is Cc1nn(-c2cc([N+](=O)[O-])ccc2F)c(=O)n1C(F)F. The number of nitro benzene ring substituents is 1. The number of nitro groups is 1. The highest BCUT2D eigenvalue weighted by Gasteiger charge is 2.21. The van der Waals surface area contributed by atoms with Crippen LogP contribution in [-0.4, -0.2) is 19.3 Å². The van der Waals surface area contributed by atoms with Crippen molar-refractivity contribution in [2.24, 2.45) is 0 Å². The smallest absolute Gasteiger partial charge is 0.258 e. The van der Waals surface area contributed by atoms with Crippen molar-refractivity contribution in [3.05, 3.63) is 50.4 Å². The van der Waals surface area contributed by atoms with Crippen molar-refractivity contribution in [1.29, 1.82) is 0 Å². The lowest BCUT2D eigenvalue weighted by molar-refractivity contribution is -0.384. The molecule has 7 nitrogen and oxygen atoms in total. The Labute approximate surface area is 109 Å². The van der Waals surface area contributed by atoms with Gasteiger partial charge in [-0.2, -0.15) is 13.5 Å². The molecule has 1 aromatic heterocycles. The normalized spacial score (nSPS) is 11.1. The van der Waals surface area contributed by atoms with E-state index in [0.717, 1.165) is 25.1 Å². The van der Waals surface area contributed by atoms with Gasteiger partial charge in [-0.15, -0.1) is 5.10 Å². The lowest BCUT2D eigenvalue weighted by atomic mass is 10.2. The third-order valence-electron chi connectivity index (χ3n) is 2.54. The standard InChI is InChI=1S/C10H7F3N4O3/c1-5-14-16(10(18)15(5)9(12)13)8-4-6(17(19)20)2-3-7(8)11/h2-4,9H,1H3. The molecule has 0 saturated carbocycles. The molecule has 0 spiro atoms. The van der Waals surface area contributed by atoms with E-state index in [4.69, 9.17) is 0 Å². The summed E-state index contributed by atoms with van der Waals surface area (Å²) in [6.07, 6.45) is 0. The number of benzene rings is 1. The zero-order valence-corrected chi connectivity index (χ0v) is 9.96. The van der Waals surface area contributed by atoms with Crippen LogP contribution in [0.5, 0.6) is 0 Å². The van der Waals surface area contributed by atoms with Crippen LogP contribution in [0, 0.1) is 22.9 Å². The Bertz CT molecular complexity index is 738. The van der Waals surface area contributed by atoms with Crippen molar-refractivity contribution in [1.82, 2.24) is 14.3 Å². The summed E-state index contributed by atoms with van der Waals surface area (Å²) in [7, 11) is 0. The van der Waals surface area contributed by atoms with Crippen LogP contribution in [0.4, 0.5) is 18.9 Å². The highest BCUT2D eigenvalue weighted by molar-refractivity contribution is 5.43. The van der Waals surface area contributed by atoms with Gasteiger partial charge in [0.1, 0.15) is 17.3 Å². The zero-order chi connectivity index (χ0) is 15.0. The van der Waals surface area contributed by atoms with Crippen LogP contribution >= 0.6 is 0 Å². The molecule has 20 heavy (non-hydrogen) atoms. The van der Waals surface area contributed by atoms with E-state index in [2.05, 4.69) is 5.10 Å². The summed E-state index contributed by atoms with van der Waals surface area (Å²) in [5.41, 5.74) is -2.33. The van der Waals surface area contributed by atoms with Crippen molar-refractivity contribution < 1.29 is 18.1 Å². The van der Waals surface area contributed by atoms with Gasteiger partial charge in [0.15, 0.2) is 0 Å². The van der Waals surface area contributed by atoms with E-state index in [0.29, 0.717) is 4.68 Å². The minimum Gasteiger partial charge on any atom is -0.258 e. The number of nitrogens with zero attached hydrogens (tertiary/aromatic N) is 4. The Morgan fingerprint density at radius 1 is 1.40 bits per heavy atom. The molecule has 0 aliphatic heterocycles. The molecule has 0 amide bonds. The summed E-state index contributed by atoms with van der Waals surface area (Å²) >= 11 is 0. The van der Waals surface area contributed by atoms with Crippen LogP contribution in [0.15, 0.2) is 23.0 Å². The van der Waals surface area contributed by atoms with Crippen LogP contribution in [-0.2, 0) is 0 Å². The van der Waals surface area contributed by atoms with E-state index in [9.17, 15) is 28.1 Å². The maximum atomic E-state index is 13.6. The molecule has 2 rings (SSSR count). The second kappa shape index (κ2) is 4.79. The molecule has 0 bridgehead atoms. The number of alkyl halides is 2. The van der Waals surface area contributed by atoms with Gasteiger partial charge in [-0.3, -0.25) is 10.1 Å². The Balaban J connectivity index is 2.69. The number of hydrogen-bond acceptors (Lipinski definition) is 4. The molecule has 0 atom stereocenters. The fourth-order valence-corrected chi connectivity index (χ4v) is 1.63. The van der Waals surface area contributed by atoms with Crippen LogP contribution in [0.3, 0.4) is 0 Å². The lowest BCUT2D eigenvalue weighted by Gasteiger charge is -2.01. The summed E-state index contributed by atoms with van der Waals surface area (Å²) in [5, 5.41) is 14.1. The second-order valence-corrected chi connectivity index (χ2v) is 3.78. The number of hydrogen-bond donors (Lipinski definition) is 0. The predicted octanol–water partition coefficient (Wildman–Crippen LogP) is 1.78. The van der Waals surface area contributed by atoms with Crippen molar-refractivity contribution in [2.45, 2.75) is 13.5 Å². The van der Waals surface area contributed by atoms with Gasteiger partial charge in [0.05, 0.1) is 4.92 Å². The van der Waals surface area contributed by atoms with E-state index in [1.807, 2.05) is 0 Å². The van der Waals surface area contributed by atoms with Gasteiger partial charge in [0.25, 0.3) is 5.69 Å². The van der Waals surface area contributed by atoms with E-state index in [1.54, 1.807) is 0 Å². The Morgan fingerprint density at radius 2 is 2.05 bits per heavy atom. The molecule has 0 unspecified atom stereocenters. The second-order valence-electron chi connectivity index (χ2n) is 3.78. The Morgan fingerprint density at radius 3 is 2.55 bits per heavy atom. The average molecular weight is 288 g/mol. The van der Waals surface area contributed by atoms with E-state index in [-0.39, 0.29) is 10.4 Å². The largest absolute Gasteiger partial charge is 0.355 e. The number of rotatable bonds is 3. The topological polar surface area (TPSA) is 83.0 Å². The number of halogens is 3. The van der Waals surface area contributed by atoms with Gasteiger partial charge in [-0.1, -0.05) is 0 Å². The predicted molar refractivity (Wildman–Crippen MR) is 60.4 cm³/mol. The van der Waals surface area contributed by atoms with E-state index >= 15 is 0 Å².